The van der Waals surface area contributed by atoms with Crippen LogP contribution in [-0.2, 0) is 0 Å². The minimum absolute atomic E-state index is 0.0456. The molecule has 0 saturated carbocycles. The third-order valence-electron chi connectivity index (χ3n) is 3.22. The van der Waals surface area contributed by atoms with Crippen molar-refractivity contribution in [2.24, 2.45) is 5.73 Å². The summed E-state index contributed by atoms with van der Waals surface area (Å²) in [6.45, 7) is 0. The van der Waals surface area contributed by atoms with Gasteiger partial charge in [-0.2, -0.15) is 0 Å². The summed E-state index contributed by atoms with van der Waals surface area (Å²) in [4.78, 5) is 0. The van der Waals surface area contributed by atoms with E-state index in [1.165, 1.54) is 0 Å². The summed E-state index contributed by atoms with van der Waals surface area (Å²) in [7, 11) is 0. The summed E-state index contributed by atoms with van der Waals surface area (Å²) < 4.78 is 5.91. The third-order valence-corrected chi connectivity index (χ3v) is 3.47. The van der Waals surface area contributed by atoms with E-state index in [0.29, 0.717) is 16.3 Å². The molecule has 0 aliphatic heterocycles. The van der Waals surface area contributed by atoms with Crippen LogP contribution >= 0.6 is 11.6 Å². The molecular weight excluding hydrogens is 284 g/mol. The fraction of sp³-hybridized carbons (Fsp3) is 0. The quantitative estimate of drug-likeness (QED) is 0.549. The van der Waals surface area contributed by atoms with Gasteiger partial charge in [0.2, 0.25) is 0 Å². The smallest absolute Gasteiger partial charge is 0.135 e. The first-order valence-corrected chi connectivity index (χ1v) is 6.82. The zero-order valence-electron chi connectivity index (χ0n) is 11.1. The Bertz CT molecular complexity index is 813. The molecule has 3 rings (SSSR count). The Morgan fingerprint density at radius 2 is 1.57 bits per heavy atom. The molecule has 0 spiro atoms. The largest absolute Gasteiger partial charge is 0.457 e. The Morgan fingerprint density at radius 1 is 0.905 bits per heavy atom. The number of nitrogen functional groups attached to an aromatic ring is 1. The van der Waals surface area contributed by atoms with Crippen molar-refractivity contribution in [1.82, 2.24) is 0 Å². The first-order chi connectivity index (χ1) is 10.1. The van der Waals surface area contributed by atoms with Crippen molar-refractivity contribution < 1.29 is 4.74 Å². The first kappa shape index (κ1) is 13.5. The number of hydrogen-bond acceptors (Lipinski definition) is 2. The van der Waals surface area contributed by atoms with Crippen LogP contribution in [0.3, 0.4) is 0 Å². The lowest BCUT2D eigenvalue weighted by Crippen LogP contribution is -2.11. The average molecular weight is 297 g/mol. The fourth-order valence-corrected chi connectivity index (χ4v) is 2.35. The van der Waals surface area contributed by atoms with Gasteiger partial charge in [0, 0.05) is 16.0 Å². The monoisotopic (exact) mass is 296 g/mol. The van der Waals surface area contributed by atoms with Crippen LogP contribution in [0.5, 0.6) is 11.5 Å². The Kier molecular flexibility index (Phi) is 3.50. The van der Waals surface area contributed by atoms with E-state index in [1.54, 1.807) is 18.2 Å². The van der Waals surface area contributed by atoms with E-state index in [0.717, 1.165) is 16.5 Å². The maximum absolute atomic E-state index is 7.65. The summed E-state index contributed by atoms with van der Waals surface area (Å²) >= 11 is 5.87. The molecule has 21 heavy (non-hydrogen) atoms. The van der Waals surface area contributed by atoms with Crippen LogP contribution in [0.15, 0.2) is 60.7 Å². The van der Waals surface area contributed by atoms with Crippen LogP contribution in [0.25, 0.3) is 10.8 Å². The number of nitrogens with one attached hydrogen (secondary N) is 1. The highest BCUT2D eigenvalue weighted by atomic mass is 35.5. The van der Waals surface area contributed by atoms with Gasteiger partial charge in [0.1, 0.15) is 17.3 Å². The second-order valence-electron chi connectivity index (χ2n) is 4.63. The molecule has 0 amide bonds. The number of hydrogen-bond donors (Lipinski definition) is 2. The van der Waals surface area contributed by atoms with Gasteiger partial charge in [-0.3, -0.25) is 5.41 Å². The summed E-state index contributed by atoms with van der Waals surface area (Å²) in [5.74, 6) is 1.47. The number of nitrogens with two attached hydrogens (primary N) is 1. The first-order valence-electron chi connectivity index (χ1n) is 6.45. The molecular formula is C17H13ClN2O. The van der Waals surface area contributed by atoms with E-state index in [9.17, 15) is 0 Å². The molecule has 3 aromatic carbocycles. The molecule has 4 heteroatoms. The Morgan fingerprint density at radius 3 is 2.24 bits per heavy atom. The molecule has 0 atom stereocenters. The van der Waals surface area contributed by atoms with Crippen LogP contribution < -0.4 is 10.5 Å². The van der Waals surface area contributed by atoms with Crippen LogP contribution in [0, 0.1) is 5.41 Å². The average Bonchev–Trinajstić information content (AvgIpc) is 2.49. The van der Waals surface area contributed by atoms with Crippen molar-refractivity contribution >= 4 is 28.2 Å². The topological polar surface area (TPSA) is 59.1 Å². The SMILES string of the molecule is N=C(N)c1ccc(Oc2ccc(Cl)cc2)c2ccccc12. The lowest BCUT2D eigenvalue weighted by Gasteiger charge is -2.11. The number of ether oxygens (including phenoxy) is 1. The second kappa shape index (κ2) is 5.46. The zero-order chi connectivity index (χ0) is 14.8. The van der Waals surface area contributed by atoms with E-state index in [-0.39, 0.29) is 5.84 Å². The fourth-order valence-electron chi connectivity index (χ4n) is 2.22. The molecule has 0 aromatic heterocycles. The van der Waals surface area contributed by atoms with Crippen LogP contribution in [0.1, 0.15) is 5.56 Å². The van der Waals surface area contributed by atoms with E-state index in [4.69, 9.17) is 27.5 Å². The molecule has 3 N–H and O–H groups in total. The van der Waals surface area contributed by atoms with E-state index < -0.39 is 0 Å². The summed E-state index contributed by atoms with van der Waals surface area (Å²) in [6.07, 6.45) is 0. The highest BCUT2D eigenvalue weighted by Crippen LogP contribution is 2.32. The van der Waals surface area contributed by atoms with Gasteiger partial charge in [0.25, 0.3) is 0 Å². The maximum atomic E-state index is 7.65. The molecule has 0 saturated heterocycles. The number of benzene rings is 3. The van der Waals surface area contributed by atoms with Crippen molar-refractivity contribution in [1.29, 1.82) is 5.41 Å². The predicted molar refractivity (Wildman–Crippen MR) is 86.5 cm³/mol. The second-order valence-corrected chi connectivity index (χ2v) is 5.06. The highest BCUT2D eigenvalue weighted by Gasteiger charge is 2.09. The molecule has 0 heterocycles. The molecule has 3 nitrogen and oxygen atoms in total. The number of amidine groups is 1. The van der Waals surface area contributed by atoms with Crippen molar-refractivity contribution in [2.45, 2.75) is 0 Å². The maximum Gasteiger partial charge on any atom is 0.135 e. The van der Waals surface area contributed by atoms with Gasteiger partial charge in [-0.05, 0) is 41.8 Å². The molecule has 0 aliphatic rings. The summed E-state index contributed by atoms with van der Waals surface area (Å²) in [5, 5.41) is 10.1. The van der Waals surface area contributed by atoms with E-state index in [1.807, 2.05) is 42.5 Å². The van der Waals surface area contributed by atoms with E-state index in [2.05, 4.69) is 0 Å². The summed E-state index contributed by atoms with van der Waals surface area (Å²) in [6, 6.07) is 18.6. The molecule has 0 unspecified atom stereocenters. The number of rotatable bonds is 3. The van der Waals surface area contributed by atoms with Gasteiger partial charge >= 0.3 is 0 Å². The number of fused-ring (bicyclic) bond motifs is 1. The molecule has 104 valence electrons. The van der Waals surface area contributed by atoms with Crippen LogP contribution in [0.2, 0.25) is 5.02 Å². The number of halogens is 1. The standard InChI is InChI=1S/C17H13ClN2O/c18-11-5-7-12(8-6-11)21-16-10-9-15(17(19)20)13-3-1-2-4-14(13)16/h1-10H,(H3,19,20). The minimum atomic E-state index is 0.0456. The molecule has 0 radical (unpaired) electrons. The third kappa shape index (κ3) is 2.69. The van der Waals surface area contributed by atoms with Gasteiger partial charge in [-0.25, -0.2) is 0 Å². The lowest BCUT2D eigenvalue weighted by atomic mass is 10.0. The van der Waals surface area contributed by atoms with Crippen LogP contribution in [0.4, 0.5) is 0 Å². The zero-order valence-corrected chi connectivity index (χ0v) is 11.9. The Labute approximate surface area is 127 Å². The predicted octanol–water partition coefficient (Wildman–Crippen LogP) is 4.57. The van der Waals surface area contributed by atoms with Gasteiger partial charge in [0.15, 0.2) is 0 Å². The van der Waals surface area contributed by atoms with Gasteiger partial charge in [-0.15, -0.1) is 0 Å². The van der Waals surface area contributed by atoms with Crippen molar-refractivity contribution in [3.63, 3.8) is 0 Å². The Balaban J connectivity index is 2.09. The van der Waals surface area contributed by atoms with E-state index >= 15 is 0 Å². The lowest BCUT2D eigenvalue weighted by molar-refractivity contribution is 0.488. The molecule has 3 aromatic rings. The molecule has 0 bridgehead atoms. The molecule has 0 fully saturated rings. The minimum Gasteiger partial charge on any atom is -0.457 e. The van der Waals surface area contributed by atoms with Gasteiger partial charge in [-0.1, -0.05) is 35.9 Å². The van der Waals surface area contributed by atoms with Crippen molar-refractivity contribution in [2.75, 3.05) is 0 Å². The van der Waals surface area contributed by atoms with Gasteiger partial charge in [0.05, 0.1) is 0 Å². The molecule has 0 aliphatic carbocycles. The normalized spacial score (nSPS) is 10.5. The van der Waals surface area contributed by atoms with Crippen LogP contribution in [-0.4, -0.2) is 5.84 Å². The van der Waals surface area contributed by atoms with Gasteiger partial charge < -0.3 is 10.5 Å². The van der Waals surface area contributed by atoms with Crippen molar-refractivity contribution in [3.8, 4) is 11.5 Å². The highest BCUT2D eigenvalue weighted by molar-refractivity contribution is 6.30. The summed E-state index contributed by atoms with van der Waals surface area (Å²) in [5.41, 5.74) is 6.33. The van der Waals surface area contributed by atoms with Crippen molar-refractivity contribution in [3.05, 3.63) is 71.2 Å². The Hall–Kier alpha value is -2.52.